The number of hydrogen-bond donors (Lipinski definition) is 4. The lowest BCUT2D eigenvalue weighted by molar-refractivity contribution is -0.145. The second-order valence-corrected chi connectivity index (χ2v) is 9.31. The summed E-state index contributed by atoms with van der Waals surface area (Å²) in [5, 5.41) is 17.0. The molecular weight excluding hydrogens is 530 g/mol. The number of carbonyl (C=O) groups is 4. The average Bonchev–Trinajstić information content (AvgIpc) is 2.97. The van der Waals surface area contributed by atoms with E-state index in [1.807, 2.05) is 30.3 Å². The molecule has 0 aliphatic carbocycles. The van der Waals surface area contributed by atoms with Crippen LogP contribution in [0.3, 0.4) is 0 Å². The molecule has 11 heteroatoms. The molecule has 41 heavy (non-hydrogen) atoms. The van der Waals surface area contributed by atoms with Crippen molar-refractivity contribution >= 4 is 23.9 Å². The Bertz CT molecular complexity index is 926. The lowest BCUT2D eigenvalue weighted by atomic mass is 9.98. The summed E-state index contributed by atoms with van der Waals surface area (Å²) in [6, 6.07) is 8.89. The van der Waals surface area contributed by atoms with Gasteiger partial charge in [-0.05, 0) is 37.7 Å². The second-order valence-electron chi connectivity index (χ2n) is 9.31. The number of aliphatic hydroxyl groups is 1. The number of nitrogens with one attached hydrogen (secondary N) is 3. The summed E-state index contributed by atoms with van der Waals surface area (Å²) in [6.45, 7) is 8.44. The van der Waals surface area contributed by atoms with Crippen LogP contribution in [0, 0.1) is 5.92 Å². The molecule has 0 fully saturated rings. The highest BCUT2D eigenvalue weighted by Crippen LogP contribution is 2.12. The summed E-state index contributed by atoms with van der Waals surface area (Å²) in [7, 11) is 0. The first-order chi connectivity index (χ1) is 19.9. The van der Waals surface area contributed by atoms with Gasteiger partial charge >= 0.3 is 12.1 Å². The van der Waals surface area contributed by atoms with Gasteiger partial charge in [0.25, 0.3) is 0 Å². The number of ether oxygens (including phenoxy) is 3. The van der Waals surface area contributed by atoms with E-state index in [9.17, 15) is 19.2 Å². The maximum absolute atomic E-state index is 13.1. The molecular formula is C30H45N3O8. The number of amides is 3. The summed E-state index contributed by atoms with van der Waals surface area (Å²) in [5.41, 5.74) is 0.892. The van der Waals surface area contributed by atoms with Crippen LogP contribution in [-0.2, 0) is 35.2 Å². The number of aliphatic hydroxyl groups excluding tert-OH is 1. The first-order valence-electron chi connectivity index (χ1n) is 14.0. The van der Waals surface area contributed by atoms with Gasteiger partial charge in [-0.1, -0.05) is 42.5 Å². The first kappa shape index (κ1) is 35.3. The Morgan fingerprint density at radius 1 is 0.951 bits per heavy atom. The highest BCUT2D eigenvalue weighted by atomic mass is 16.5. The number of benzene rings is 1. The topological polar surface area (TPSA) is 152 Å². The van der Waals surface area contributed by atoms with E-state index in [1.165, 1.54) is 0 Å². The molecule has 0 aliphatic heterocycles. The lowest BCUT2D eigenvalue weighted by Crippen LogP contribution is -2.43. The van der Waals surface area contributed by atoms with Crippen molar-refractivity contribution in [2.45, 2.75) is 57.6 Å². The molecule has 3 amide bonds. The molecule has 1 rings (SSSR count). The van der Waals surface area contributed by atoms with Gasteiger partial charge in [0.15, 0.2) is 0 Å². The number of alkyl carbamates (subject to hydrolysis) is 1. The van der Waals surface area contributed by atoms with Gasteiger partial charge in [0.1, 0.15) is 13.2 Å². The third kappa shape index (κ3) is 18.3. The van der Waals surface area contributed by atoms with Gasteiger partial charge in [0.05, 0.1) is 31.8 Å². The van der Waals surface area contributed by atoms with Gasteiger partial charge in [0.2, 0.25) is 11.8 Å². The van der Waals surface area contributed by atoms with Crippen molar-refractivity contribution in [2.24, 2.45) is 5.92 Å². The Labute approximate surface area is 242 Å². The SMILES string of the molecule is C=CCCC(=O)OC[C@H](CCCCNC(=O)OCc1ccccc1)NC(=O)[C@@H](CC=C)CC(=O)NCCOCCO. The predicted molar refractivity (Wildman–Crippen MR) is 155 cm³/mol. The zero-order chi connectivity index (χ0) is 30.1. The minimum Gasteiger partial charge on any atom is -0.463 e. The van der Waals surface area contributed by atoms with Gasteiger partial charge < -0.3 is 35.3 Å². The van der Waals surface area contributed by atoms with Gasteiger partial charge in [-0.2, -0.15) is 0 Å². The zero-order valence-electron chi connectivity index (χ0n) is 23.8. The Kier molecular flexibility index (Phi) is 19.9. The standard InChI is InChI=1S/C30H45N3O8/c1-3-5-15-28(36)40-23-26(14-9-10-16-32-30(38)41-22-24-12-7-6-8-13-24)33-29(37)25(11-4-2)21-27(35)31-17-19-39-20-18-34/h3-4,6-8,12-13,25-26,34H,1-2,5,9-11,14-23H2,(H,31,35)(H,32,38)(H,33,37)/t25-,26-/m0/s1. The summed E-state index contributed by atoms with van der Waals surface area (Å²) >= 11 is 0. The summed E-state index contributed by atoms with van der Waals surface area (Å²) < 4.78 is 15.7. The van der Waals surface area contributed by atoms with Crippen LogP contribution in [0.2, 0.25) is 0 Å². The quantitative estimate of drug-likeness (QED) is 0.0883. The van der Waals surface area contributed by atoms with Crippen molar-refractivity contribution in [3.05, 3.63) is 61.2 Å². The first-order valence-corrected chi connectivity index (χ1v) is 14.0. The number of rotatable bonds is 23. The van der Waals surface area contributed by atoms with E-state index in [-0.39, 0.29) is 64.2 Å². The molecule has 0 radical (unpaired) electrons. The van der Waals surface area contributed by atoms with E-state index in [0.717, 1.165) is 5.56 Å². The van der Waals surface area contributed by atoms with Crippen molar-refractivity contribution < 1.29 is 38.5 Å². The maximum Gasteiger partial charge on any atom is 0.407 e. The highest BCUT2D eigenvalue weighted by molar-refractivity contribution is 5.86. The Morgan fingerprint density at radius 3 is 2.44 bits per heavy atom. The predicted octanol–water partition coefficient (Wildman–Crippen LogP) is 2.78. The van der Waals surface area contributed by atoms with Crippen LogP contribution in [0.15, 0.2) is 55.6 Å². The second kappa shape index (κ2) is 23.0. The fraction of sp³-hybridized carbons (Fsp3) is 0.533. The minimum absolute atomic E-state index is 0.0105. The van der Waals surface area contributed by atoms with E-state index in [4.69, 9.17) is 19.3 Å². The van der Waals surface area contributed by atoms with Crippen molar-refractivity contribution in [2.75, 3.05) is 39.5 Å². The molecule has 0 heterocycles. The number of allylic oxidation sites excluding steroid dienone is 2. The fourth-order valence-electron chi connectivity index (χ4n) is 3.69. The van der Waals surface area contributed by atoms with Crippen LogP contribution in [0.4, 0.5) is 4.79 Å². The van der Waals surface area contributed by atoms with Crippen LogP contribution in [0.1, 0.15) is 50.5 Å². The van der Waals surface area contributed by atoms with Crippen molar-refractivity contribution in [3.63, 3.8) is 0 Å². The minimum atomic E-state index is -0.647. The normalized spacial score (nSPS) is 11.9. The van der Waals surface area contributed by atoms with Crippen LogP contribution in [-0.4, -0.2) is 74.5 Å². The molecule has 2 atom stereocenters. The molecule has 0 bridgehead atoms. The van der Waals surface area contributed by atoms with Crippen molar-refractivity contribution in [1.29, 1.82) is 0 Å². The maximum atomic E-state index is 13.1. The average molecular weight is 576 g/mol. The Balaban J connectivity index is 2.55. The van der Waals surface area contributed by atoms with Gasteiger partial charge in [0, 0.05) is 25.9 Å². The molecule has 0 saturated heterocycles. The summed E-state index contributed by atoms with van der Waals surface area (Å²) in [6.07, 6.45) is 5.37. The molecule has 0 aromatic heterocycles. The highest BCUT2D eigenvalue weighted by Gasteiger charge is 2.24. The Hall–Kier alpha value is -3.70. The third-order valence-electron chi connectivity index (χ3n) is 5.86. The molecule has 4 N–H and O–H groups in total. The molecule has 0 spiro atoms. The monoisotopic (exact) mass is 575 g/mol. The van der Waals surface area contributed by atoms with E-state index in [2.05, 4.69) is 29.1 Å². The number of hydrogen-bond acceptors (Lipinski definition) is 8. The summed E-state index contributed by atoms with van der Waals surface area (Å²) in [5.74, 6) is -1.69. The van der Waals surface area contributed by atoms with Gasteiger partial charge in [-0.25, -0.2) is 4.79 Å². The Morgan fingerprint density at radius 2 is 1.73 bits per heavy atom. The smallest absolute Gasteiger partial charge is 0.407 e. The van der Waals surface area contributed by atoms with E-state index in [1.54, 1.807) is 12.2 Å². The van der Waals surface area contributed by atoms with Crippen molar-refractivity contribution in [3.8, 4) is 0 Å². The number of esters is 1. The molecule has 1 aromatic rings. The van der Waals surface area contributed by atoms with Crippen LogP contribution >= 0.6 is 0 Å². The molecule has 228 valence electrons. The van der Waals surface area contributed by atoms with E-state index in [0.29, 0.717) is 38.6 Å². The van der Waals surface area contributed by atoms with Crippen LogP contribution in [0.25, 0.3) is 0 Å². The van der Waals surface area contributed by atoms with Crippen LogP contribution in [0.5, 0.6) is 0 Å². The molecule has 11 nitrogen and oxygen atoms in total. The largest absolute Gasteiger partial charge is 0.463 e. The summed E-state index contributed by atoms with van der Waals surface area (Å²) in [4.78, 5) is 49.4. The third-order valence-corrected chi connectivity index (χ3v) is 5.86. The molecule has 0 unspecified atom stereocenters. The molecule has 1 aromatic carbocycles. The number of carbonyl (C=O) groups excluding carboxylic acids is 4. The van der Waals surface area contributed by atoms with E-state index >= 15 is 0 Å². The fourth-order valence-corrected chi connectivity index (χ4v) is 3.69. The lowest BCUT2D eigenvalue weighted by Gasteiger charge is -2.22. The molecule has 0 aliphatic rings. The van der Waals surface area contributed by atoms with Gasteiger partial charge in [-0.15, -0.1) is 13.2 Å². The van der Waals surface area contributed by atoms with Gasteiger partial charge in [-0.3, -0.25) is 14.4 Å². The molecule has 0 saturated carbocycles. The van der Waals surface area contributed by atoms with E-state index < -0.39 is 24.0 Å². The number of unbranched alkanes of at least 4 members (excludes halogenated alkanes) is 1. The van der Waals surface area contributed by atoms with Crippen LogP contribution < -0.4 is 16.0 Å². The van der Waals surface area contributed by atoms with Crippen molar-refractivity contribution in [1.82, 2.24) is 16.0 Å². The zero-order valence-corrected chi connectivity index (χ0v) is 23.8.